The van der Waals surface area contributed by atoms with Gasteiger partial charge in [0, 0.05) is 0 Å². The Morgan fingerprint density at radius 2 is 1.57 bits per heavy atom. The maximum atomic E-state index is 12.1. The number of benzene rings is 2. The molecule has 2 aromatic rings. The number of amides is 1. The van der Waals surface area contributed by atoms with E-state index in [-0.39, 0.29) is 23.9 Å². The van der Waals surface area contributed by atoms with Crippen molar-refractivity contribution in [3.05, 3.63) is 70.8 Å². The third-order valence-corrected chi connectivity index (χ3v) is 3.83. The van der Waals surface area contributed by atoms with Crippen molar-refractivity contribution in [1.29, 1.82) is 0 Å². The van der Waals surface area contributed by atoms with Gasteiger partial charge in [0.25, 0.3) is 0 Å². The van der Waals surface area contributed by atoms with Crippen molar-refractivity contribution in [2.45, 2.75) is 32.7 Å². The zero-order chi connectivity index (χ0) is 16.8. The van der Waals surface area contributed by atoms with E-state index in [1.54, 1.807) is 12.1 Å². The van der Waals surface area contributed by atoms with Crippen LogP contribution in [-0.4, -0.2) is 17.0 Å². The molecule has 0 saturated heterocycles. The fourth-order valence-electron chi connectivity index (χ4n) is 2.37. The standard InChI is InChI=1S/C19H21NO3/c1-3-14-4-8-16(9-5-14)13(2)20-18(21)12-15-6-10-17(11-7-15)19(22)23/h4-11,13H,3,12H2,1-2H3,(H,20,21)(H,22,23). The Balaban J connectivity index is 1.93. The van der Waals surface area contributed by atoms with Crippen molar-refractivity contribution in [3.8, 4) is 0 Å². The minimum atomic E-state index is -0.967. The molecule has 0 aromatic heterocycles. The first-order valence-electron chi connectivity index (χ1n) is 7.70. The van der Waals surface area contributed by atoms with Crippen LogP contribution >= 0.6 is 0 Å². The maximum Gasteiger partial charge on any atom is 0.335 e. The van der Waals surface area contributed by atoms with Gasteiger partial charge in [-0.15, -0.1) is 0 Å². The fraction of sp³-hybridized carbons (Fsp3) is 0.263. The van der Waals surface area contributed by atoms with Crippen molar-refractivity contribution in [3.63, 3.8) is 0 Å². The molecular weight excluding hydrogens is 290 g/mol. The number of nitrogens with one attached hydrogen (secondary N) is 1. The molecule has 2 N–H and O–H groups in total. The minimum Gasteiger partial charge on any atom is -0.478 e. The van der Waals surface area contributed by atoms with Gasteiger partial charge in [-0.25, -0.2) is 4.79 Å². The van der Waals surface area contributed by atoms with Crippen molar-refractivity contribution >= 4 is 11.9 Å². The quantitative estimate of drug-likeness (QED) is 0.859. The van der Waals surface area contributed by atoms with Crippen LogP contribution in [0.3, 0.4) is 0 Å². The van der Waals surface area contributed by atoms with Crippen LogP contribution in [0.1, 0.15) is 46.9 Å². The van der Waals surface area contributed by atoms with Gasteiger partial charge < -0.3 is 10.4 Å². The molecule has 0 aliphatic rings. The average Bonchev–Trinajstić information content (AvgIpc) is 2.55. The molecule has 0 saturated carbocycles. The highest BCUT2D eigenvalue weighted by molar-refractivity contribution is 5.87. The van der Waals surface area contributed by atoms with Crippen molar-refractivity contribution < 1.29 is 14.7 Å². The summed E-state index contributed by atoms with van der Waals surface area (Å²) in [5.41, 5.74) is 3.35. The summed E-state index contributed by atoms with van der Waals surface area (Å²) in [6.07, 6.45) is 1.23. The third kappa shape index (κ3) is 4.68. The van der Waals surface area contributed by atoms with E-state index < -0.39 is 5.97 Å². The Bertz CT molecular complexity index is 675. The van der Waals surface area contributed by atoms with E-state index in [4.69, 9.17) is 5.11 Å². The Morgan fingerprint density at radius 3 is 2.09 bits per heavy atom. The maximum absolute atomic E-state index is 12.1. The molecule has 23 heavy (non-hydrogen) atoms. The van der Waals surface area contributed by atoms with Gasteiger partial charge >= 0.3 is 5.97 Å². The van der Waals surface area contributed by atoms with Crippen LogP contribution in [-0.2, 0) is 17.6 Å². The Kier molecular flexibility index (Phi) is 5.52. The van der Waals surface area contributed by atoms with Gasteiger partial charge in [-0.2, -0.15) is 0 Å². The molecule has 0 bridgehead atoms. The smallest absolute Gasteiger partial charge is 0.335 e. The predicted octanol–water partition coefficient (Wildman–Crippen LogP) is 3.37. The van der Waals surface area contributed by atoms with E-state index in [9.17, 15) is 9.59 Å². The predicted molar refractivity (Wildman–Crippen MR) is 89.5 cm³/mol. The van der Waals surface area contributed by atoms with Gasteiger partial charge in [0.15, 0.2) is 0 Å². The minimum absolute atomic E-state index is 0.0632. The largest absolute Gasteiger partial charge is 0.478 e. The number of hydrogen-bond acceptors (Lipinski definition) is 2. The summed E-state index contributed by atoms with van der Waals surface area (Å²) >= 11 is 0. The molecular formula is C19H21NO3. The van der Waals surface area contributed by atoms with Crippen LogP contribution in [0.5, 0.6) is 0 Å². The van der Waals surface area contributed by atoms with Crippen LogP contribution in [0.4, 0.5) is 0 Å². The van der Waals surface area contributed by atoms with Gasteiger partial charge in [0.1, 0.15) is 0 Å². The lowest BCUT2D eigenvalue weighted by Gasteiger charge is -2.15. The van der Waals surface area contributed by atoms with Crippen LogP contribution in [0, 0.1) is 0 Å². The molecule has 1 unspecified atom stereocenters. The van der Waals surface area contributed by atoms with Crippen molar-refractivity contribution in [1.82, 2.24) is 5.32 Å². The van der Waals surface area contributed by atoms with Gasteiger partial charge in [0.05, 0.1) is 18.0 Å². The zero-order valence-corrected chi connectivity index (χ0v) is 13.4. The van der Waals surface area contributed by atoms with Gasteiger partial charge in [-0.3, -0.25) is 4.79 Å². The molecule has 1 amide bonds. The molecule has 2 rings (SSSR count). The van der Waals surface area contributed by atoms with Crippen LogP contribution in [0.2, 0.25) is 0 Å². The Hall–Kier alpha value is -2.62. The Morgan fingerprint density at radius 1 is 1.00 bits per heavy atom. The molecule has 2 aromatic carbocycles. The van der Waals surface area contributed by atoms with Crippen molar-refractivity contribution in [2.24, 2.45) is 0 Å². The number of carboxylic acids is 1. The van der Waals surface area contributed by atoms with E-state index in [2.05, 4.69) is 24.4 Å². The van der Waals surface area contributed by atoms with E-state index in [0.717, 1.165) is 17.5 Å². The highest BCUT2D eigenvalue weighted by atomic mass is 16.4. The topological polar surface area (TPSA) is 66.4 Å². The number of carboxylic acid groups (broad SMARTS) is 1. The number of carbonyl (C=O) groups is 2. The summed E-state index contributed by atoms with van der Waals surface area (Å²) in [6.45, 7) is 4.06. The second kappa shape index (κ2) is 7.58. The number of aromatic carboxylic acids is 1. The monoisotopic (exact) mass is 311 g/mol. The number of rotatable bonds is 6. The number of carbonyl (C=O) groups excluding carboxylic acids is 1. The number of aryl methyl sites for hydroxylation is 1. The van der Waals surface area contributed by atoms with Crippen LogP contribution in [0.15, 0.2) is 48.5 Å². The second-order valence-electron chi connectivity index (χ2n) is 5.56. The lowest BCUT2D eigenvalue weighted by molar-refractivity contribution is -0.121. The lowest BCUT2D eigenvalue weighted by atomic mass is 10.0. The highest BCUT2D eigenvalue weighted by Crippen LogP contribution is 2.14. The molecule has 0 fully saturated rings. The Labute approximate surface area is 136 Å². The third-order valence-electron chi connectivity index (χ3n) is 3.83. The molecule has 0 aliphatic carbocycles. The number of hydrogen-bond donors (Lipinski definition) is 2. The van der Waals surface area contributed by atoms with Gasteiger partial charge in [0.2, 0.25) is 5.91 Å². The fourth-order valence-corrected chi connectivity index (χ4v) is 2.37. The van der Waals surface area contributed by atoms with Gasteiger partial charge in [-0.05, 0) is 42.2 Å². The molecule has 0 radical (unpaired) electrons. The van der Waals surface area contributed by atoms with E-state index in [1.165, 1.54) is 17.7 Å². The summed E-state index contributed by atoms with van der Waals surface area (Å²) < 4.78 is 0. The molecule has 0 aliphatic heterocycles. The molecule has 4 heteroatoms. The summed E-state index contributed by atoms with van der Waals surface area (Å²) in [7, 11) is 0. The zero-order valence-electron chi connectivity index (χ0n) is 13.4. The van der Waals surface area contributed by atoms with Gasteiger partial charge in [-0.1, -0.05) is 43.3 Å². The summed E-state index contributed by atoms with van der Waals surface area (Å²) in [5.74, 6) is -1.05. The molecule has 4 nitrogen and oxygen atoms in total. The van der Waals surface area contributed by atoms with Crippen LogP contribution < -0.4 is 5.32 Å². The second-order valence-corrected chi connectivity index (χ2v) is 5.56. The first-order chi connectivity index (χ1) is 11.0. The lowest BCUT2D eigenvalue weighted by Crippen LogP contribution is -2.28. The van der Waals surface area contributed by atoms with E-state index in [0.29, 0.717) is 0 Å². The highest BCUT2D eigenvalue weighted by Gasteiger charge is 2.10. The average molecular weight is 311 g/mol. The molecule has 0 heterocycles. The molecule has 120 valence electrons. The molecule has 1 atom stereocenters. The summed E-state index contributed by atoms with van der Waals surface area (Å²) in [6, 6.07) is 14.5. The molecule has 0 spiro atoms. The normalized spacial score (nSPS) is 11.7. The van der Waals surface area contributed by atoms with E-state index in [1.807, 2.05) is 19.1 Å². The first kappa shape index (κ1) is 16.7. The van der Waals surface area contributed by atoms with Crippen LogP contribution in [0.25, 0.3) is 0 Å². The summed E-state index contributed by atoms with van der Waals surface area (Å²) in [4.78, 5) is 22.9. The first-order valence-corrected chi connectivity index (χ1v) is 7.70. The van der Waals surface area contributed by atoms with Crippen molar-refractivity contribution in [2.75, 3.05) is 0 Å². The van der Waals surface area contributed by atoms with E-state index >= 15 is 0 Å². The SMILES string of the molecule is CCc1ccc(C(C)NC(=O)Cc2ccc(C(=O)O)cc2)cc1. The summed E-state index contributed by atoms with van der Waals surface area (Å²) in [5, 5.41) is 11.8.